The van der Waals surface area contributed by atoms with Crippen molar-refractivity contribution in [3.05, 3.63) is 59.2 Å². The average Bonchev–Trinajstić information content (AvgIpc) is 2.47. The molecule has 132 valence electrons. The van der Waals surface area contributed by atoms with Crippen LogP contribution in [0.25, 0.3) is 0 Å². The zero-order valence-electron chi connectivity index (χ0n) is 14.1. The lowest BCUT2D eigenvalue weighted by Crippen LogP contribution is -2.09. The molecule has 1 N–H and O–H groups in total. The summed E-state index contributed by atoms with van der Waals surface area (Å²) in [5, 5.41) is 9.46. The van der Waals surface area contributed by atoms with Gasteiger partial charge in [0.2, 0.25) is 0 Å². The molecule has 0 aliphatic heterocycles. The third-order valence-electron chi connectivity index (χ3n) is 3.44. The summed E-state index contributed by atoms with van der Waals surface area (Å²) in [6.07, 6.45) is 0. The number of phenols is 1. The van der Waals surface area contributed by atoms with E-state index in [1.807, 2.05) is 83.3 Å². The molecule has 0 fully saturated rings. The van der Waals surface area contributed by atoms with Crippen LogP contribution < -0.4 is 0 Å². The van der Waals surface area contributed by atoms with Crippen LogP contribution in [0, 0.1) is 13.8 Å². The second-order valence-electron chi connectivity index (χ2n) is 5.79. The molecule has 0 unspecified atom stereocenters. The predicted molar refractivity (Wildman–Crippen MR) is 117 cm³/mol. The van der Waals surface area contributed by atoms with Gasteiger partial charge in [-0.3, -0.25) is 0 Å². The van der Waals surface area contributed by atoms with Gasteiger partial charge in [-0.05, 0) is 48.6 Å². The minimum atomic E-state index is -3.13. The Morgan fingerprint density at radius 2 is 1.58 bits per heavy atom. The highest BCUT2D eigenvalue weighted by atomic mass is 127. The molecule has 0 radical (unpaired) electrons. The summed E-state index contributed by atoms with van der Waals surface area (Å²) in [5.41, 5.74) is 2.93. The van der Waals surface area contributed by atoms with Crippen LogP contribution in [0.15, 0.2) is 47.4 Å². The number of rotatable bonds is 3. The normalized spacial score (nSPS) is 11.3. The van der Waals surface area contributed by atoms with Gasteiger partial charge in [0, 0.05) is 0 Å². The Labute approximate surface area is 172 Å². The minimum Gasteiger partial charge on any atom is -0.508 e. The molecule has 0 bridgehead atoms. The highest BCUT2D eigenvalue weighted by Crippen LogP contribution is 2.27. The van der Waals surface area contributed by atoms with E-state index in [-0.39, 0.29) is 0 Å². The lowest BCUT2D eigenvalue weighted by molar-refractivity contribution is 0.464. The van der Waals surface area contributed by atoms with Crippen molar-refractivity contribution in [2.75, 3.05) is 0 Å². The molecule has 0 aliphatic carbocycles. The van der Waals surface area contributed by atoms with Crippen molar-refractivity contribution in [3.8, 4) is 5.75 Å². The van der Waals surface area contributed by atoms with E-state index in [1.54, 1.807) is 18.2 Å². The molecule has 0 heterocycles. The van der Waals surface area contributed by atoms with E-state index in [1.165, 1.54) is 0 Å². The molecule has 2 aromatic rings. The number of hydrogen-bond acceptors (Lipinski definition) is 3. The zero-order chi connectivity index (χ0) is 18.5. The van der Waals surface area contributed by atoms with Crippen LogP contribution in [-0.2, 0) is 9.84 Å². The van der Waals surface area contributed by atoms with Gasteiger partial charge in [-0.15, -0.1) is 0 Å². The largest absolute Gasteiger partial charge is 0.508 e. The van der Waals surface area contributed by atoms with Gasteiger partial charge >= 0.3 is 0 Å². The number of halogens is 2. The van der Waals surface area contributed by atoms with Gasteiger partial charge in [0.1, 0.15) is 5.75 Å². The van der Waals surface area contributed by atoms with Crippen LogP contribution in [0.1, 0.15) is 36.5 Å². The van der Waals surface area contributed by atoms with E-state index in [9.17, 15) is 13.5 Å². The summed E-state index contributed by atoms with van der Waals surface area (Å²) in [7, 11) is -3.13. The van der Waals surface area contributed by atoms with Crippen molar-refractivity contribution in [1.82, 2.24) is 0 Å². The van der Waals surface area contributed by atoms with E-state index in [2.05, 4.69) is 13.8 Å². The maximum absolute atomic E-state index is 11.7. The molecule has 2 aromatic carbocycles. The summed E-state index contributed by atoms with van der Waals surface area (Å²) in [5.74, 6) is 0.815. The molecular formula is C18H22I2O3S. The van der Waals surface area contributed by atoms with Gasteiger partial charge in [0.05, 0.1) is 4.90 Å². The van der Waals surface area contributed by atoms with Gasteiger partial charge < -0.3 is 5.11 Å². The molecule has 2 rings (SSSR count). The summed E-state index contributed by atoms with van der Waals surface area (Å²) >= 11 is 3.81. The molecule has 0 aliphatic rings. The Morgan fingerprint density at radius 3 is 2.04 bits per heavy atom. The summed E-state index contributed by atoms with van der Waals surface area (Å²) in [6, 6.07) is 12.8. The number of aromatic hydroxyl groups is 1. The fraction of sp³-hybridized carbons (Fsp3) is 0.333. The molecule has 6 heteroatoms. The average molecular weight is 572 g/mol. The van der Waals surface area contributed by atoms with Crippen molar-refractivity contribution >= 4 is 55.0 Å². The Morgan fingerprint density at radius 1 is 1.00 bits per heavy atom. The molecule has 0 amide bonds. The van der Waals surface area contributed by atoms with E-state index < -0.39 is 11.1 Å². The van der Waals surface area contributed by atoms with E-state index in [0.717, 1.165) is 16.7 Å². The summed E-state index contributed by atoms with van der Waals surface area (Å²) in [6.45, 7) is 7.93. The van der Waals surface area contributed by atoms with Crippen molar-refractivity contribution in [2.45, 2.75) is 39.8 Å². The smallest absolute Gasteiger partial charge is 0.199 e. The molecule has 0 aromatic heterocycles. The first-order valence-electron chi connectivity index (χ1n) is 7.44. The minimum absolute atomic E-state index is 0.399. The molecule has 0 spiro atoms. The third kappa shape index (κ3) is 5.87. The Kier molecular flexibility index (Phi) is 8.47. The monoisotopic (exact) mass is 572 g/mol. The lowest BCUT2D eigenvalue weighted by atomic mass is 10.0. The van der Waals surface area contributed by atoms with Crippen LogP contribution >= 0.6 is 45.2 Å². The topological polar surface area (TPSA) is 54.4 Å². The number of alkyl halides is 2. The Hall–Kier alpha value is -0.350. The zero-order valence-corrected chi connectivity index (χ0v) is 19.3. The third-order valence-corrected chi connectivity index (χ3v) is 9.00. The van der Waals surface area contributed by atoms with Crippen molar-refractivity contribution in [1.29, 1.82) is 0 Å². The van der Waals surface area contributed by atoms with Crippen molar-refractivity contribution in [2.24, 2.45) is 0 Å². The molecule has 24 heavy (non-hydrogen) atoms. The van der Waals surface area contributed by atoms with E-state index in [0.29, 0.717) is 16.6 Å². The first-order chi connectivity index (χ1) is 11.1. The highest BCUT2D eigenvalue weighted by Gasteiger charge is 2.23. The number of aryl methyl sites for hydroxylation is 2. The highest BCUT2D eigenvalue weighted by molar-refractivity contribution is 14.2. The number of sulfone groups is 1. The maximum Gasteiger partial charge on any atom is 0.199 e. The maximum atomic E-state index is 11.7. The first kappa shape index (κ1) is 21.7. The first-order valence-corrected chi connectivity index (χ1v) is 11.5. The molecule has 3 nitrogen and oxygen atoms in total. The van der Waals surface area contributed by atoms with Gasteiger partial charge in [-0.2, -0.15) is 0 Å². The fourth-order valence-electron chi connectivity index (χ4n) is 2.11. The number of hydrogen-bond donors (Lipinski definition) is 1. The molecule has 0 saturated carbocycles. The second kappa shape index (κ2) is 9.38. The molecule has 0 saturated heterocycles. The van der Waals surface area contributed by atoms with Crippen LogP contribution in [0.3, 0.4) is 0 Å². The number of phenolic OH excluding ortho intramolecular Hbond substituents is 1. The second-order valence-corrected chi connectivity index (χ2v) is 14.4. The fourth-order valence-corrected chi connectivity index (χ4v) is 4.73. The number of benzene rings is 2. The summed E-state index contributed by atoms with van der Waals surface area (Å²) in [4.78, 5) is 0.434. The molecular weight excluding hydrogens is 550 g/mol. The lowest BCUT2D eigenvalue weighted by Gasteiger charge is -2.07. The van der Waals surface area contributed by atoms with Crippen LogP contribution in [0.5, 0.6) is 5.75 Å². The van der Waals surface area contributed by atoms with Crippen LogP contribution in [-0.4, -0.2) is 14.8 Å². The van der Waals surface area contributed by atoms with E-state index >= 15 is 0 Å². The van der Waals surface area contributed by atoms with Crippen molar-refractivity contribution in [3.63, 3.8) is 0 Å². The van der Waals surface area contributed by atoms with Gasteiger partial charge in [0.25, 0.3) is 0 Å². The Bertz CT molecular complexity index is 785. The van der Waals surface area contributed by atoms with Gasteiger partial charge in [0.15, 0.2) is 11.1 Å². The van der Waals surface area contributed by atoms with Crippen LogP contribution in [0.4, 0.5) is 0 Å². The quantitative estimate of drug-likeness (QED) is 0.377. The predicted octanol–water partition coefficient (Wildman–Crippen LogP) is 5.75. The van der Waals surface area contributed by atoms with E-state index in [4.69, 9.17) is 0 Å². The summed E-state index contributed by atoms with van der Waals surface area (Å²) < 4.78 is 23.1. The van der Waals surface area contributed by atoms with Crippen LogP contribution in [0.2, 0.25) is 0 Å². The van der Waals surface area contributed by atoms with Crippen molar-refractivity contribution < 1.29 is 13.5 Å². The molecule has 0 atom stereocenters. The SMILES string of the molecule is Cc1ccc(C(C)C)c(O)c1.Cc1ccccc1S(=O)(=O)C(I)I. The van der Waals surface area contributed by atoms with Gasteiger partial charge in [-0.25, -0.2) is 8.42 Å². The standard InChI is InChI=1S/C10H14O.C8H8I2O2S/c1-7(2)9-5-4-8(3)6-10(9)11;1-6-4-2-3-5-7(6)13(11,12)8(9)10/h4-7,11H,1-3H3;2-5,8H,1H3. The Balaban J connectivity index is 0.000000243. The van der Waals surface area contributed by atoms with Gasteiger partial charge in [-0.1, -0.05) is 89.4 Å².